The van der Waals surface area contributed by atoms with Crippen LogP contribution in [0.2, 0.25) is 0 Å². The first-order valence-corrected chi connectivity index (χ1v) is 8.68. The zero-order valence-corrected chi connectivity index (χ0v) is 14.3. The van der Waals surface area contributed by atoms with E-state index in [1.807, 2.05) is 18.3 Å². The van der Waals surface area contributed by atoms with Crippen LogP contribution in [-0.4, -0.2) is 11.9 Å². The molecular weight excluding hydrogens is 292 g/mol. The summed E-state index contributed by atoms with van der Waals surface area (Å²) in [6.07, 6.45) is 1.14. The Morgan fingerprint density at radius 2 is 1.82 bits per heavy atom. The Bertz CT molecular complexity index is 592. The number of primary amides is 1. The topological polar surface area (TPSA) is 59.7 Å². The fourth-order valence-electron chi connectivity index (χ4n) is 2.49. The lowest BCUT2D eigenvalue weighted by atomic mass is 9.95. The van der Waals surface area contributed by atoms with E-state index in [2.05, 4.69) is 49.6 Å². The molecule has 4 heteroatoms. The van der Waals surface area contributed by atoms with Gasteiger partial charge in [0.05, 0.1) is 4.88 Å². The molecule has 0 spiro atoms. The summed E-state index contributed by atoms with van der Waals surface area (Å²) in [6, 6.07) is 12.8. The van der Waals surface area contributed by atoms with Gasteiger partial charge in [-0.05, 0) is 36.3 Å². The average Bonchev–Trinajstić information content (AvgIpc) is 3.05. The maximum atomic E-state index is 11.4. The number of hydrogen-bond acceptors (Lipinski definition) is 2. The van der Waals surface area contributed by atoms with Crippen molar-refractivity contribution in [1.82, 2.24) is 0 Å². The molecular formula is C18H25N2OS+. The quantitative estimate of drug-likeness (QED) is 0.810. The molecule has 0 aliphatic carbocycles. The summed E-state index contributed by atoms with van der Waals surface area (Å²) < 4.78 is 0. The molecule has 0 aliphatic rings. The Balaban J connectivity index is 2.27. The number of carbonyl (C=O) groups excluding carboxylic acids is 1. The van der Waals surface area contributed by atoms with Crippen LogP contribution in [0, 0.1) is 0 Å². The van der Waals surface area contributed by atoms with Gasteiger partial charge in [-0.25, -0.2) is 0 Å². The lowest BCUT2D eigenvalue weighted by molar-refractivity contribution is -0.704. The second kappa shape index (κ2) is 7.56. The third-order valence-electron chi connectivity index (χ3n) is 4.26. The summed E-state index contributed by atoms with van der Waals surface area (Å²) in [7, 11) is 0. The molecule has 3 nitrogen and oxygen atoms in total. The molecule has 2 aromatic rings. The highest BCUT2D eigenvalue weighted by Gasteiger charge is 2.24. The summed E-state index contributed by atoms with van der Waals surface area (Å²) >= 11 is 1.71. The summed E-state index contributed by atoms with van der Waals surface area (Å²) in [5.74, 6) is 0.292. The van der Waals surface area contributed by atoms with Gasteiger partial charge in [-0.1, -0.05) is 44.2 Å². The molecule has 0 bridgehead atoms. The molecule has 1 aromatic heterocycles. The van der Waals surface area contributed by atoms with Gasteiger partial charge in [0.25, 0.3) is 5.91 Å². The van der Waals surface area contributed by atoms with Gasteiger partial charge in [-0.3, -0.25) is 4.79 Å². The number of amides is 1. The van der Waals surface area contributed by atoms with E-state index in [0.717, 1.165) is 6.42 Å². The number of nitrogens with two attached hydrogens (primary N) is 2. The third-order valence-corrected chi connectivity index (χ3v) is 5.21. The SMILES string of the molecule is CC[C@@H](C)c1ccc([C@@H]([NH2+][C@@H](C)C(N)=O)c2cccs2)cc1. The molecule has 2 rings (SSSR count). The van der Waals surface area contributed by atoms with Crippen LogP contribution in [-0.2, 0) is 4.79 Å². The highest BCUT2D eigenvalue weighted by Crippen LogP contribution is 2.25. The van der Waals surface area contributed by atoms with Crippen molar-refractivity contribution >= 4 is 17.2 Å². The van der Waals surface area contributed by atoms with Gasteiger partial charge in [0.1, 0.15) is 6.04 Å². The minimum atomic E-state index is -0.280. The molecule has 118 valence electrons. The van der Waals surface area contributed by atoms with Crippen LogP contribution in [0.15, 0.2) is 41.8 Å². The second-order valence-electron chi connectivity index (χ2n) is 5.85. The molecule has 0 fully saturated rings. The Morgan fingerprint density at radius 3 is 2.32 bits per heavy atom. The Labute approximate surface area is 136 Å². The van der Waals surface area contributed by atoms with Crippen LogP contribution in [0.1, 0.15) is 55.2 Å². The fourth-order valence-corrected chi connectivity index (χ4v) is 3.32. The largest absolute Gasteiger partial charge is 0.365 e. The fraction of sp³-hybridized carbons (Fsp3) is 0.389. The second-order valence-corrected chi connectivity index (χ2v) is 6.83. The first-order chi connectivity index (χ1) is 10.5. The normalized spacial score (nSPS) is 15.2. The van der Waals surface area contributed by atoms with E-state index >= 15 is 0 Å². The van der Waals surface area contributed by atoms with Gasteiger partial charge in [0.15, 0.2) is 6.04 Å². The van der Waals surface area contributed by atoms with Crippen molar-refractivity contribution in [2.75, 3.05) is 0 Å². The van der Waals surface area contributed by atoms with Gasteiger partial charge in [0.2, 0.25) is 0 Å². The van der Waals surface area contributed by atoms with Crippen LogP contribution in [0.4, 0.5) is 0 Å². The predicted octanol–water partition coefficient (Wildman–Crippen LogP) is 2.79. The van der Waals surface area contributed by atoms with Crippen LogP contribution < -0.4 is 11.1 Å². The molecule has 3 atom stereocenters. The van der Waals surface area contributed by atoms with Gasteiger partial charge in [0, 0.05) is 5.56 Å². The zero-order chi connectivity index (χ0) is 16.1. The van der Waals surface area contributed by atoms with Crippen molar-refractivity contribution < 1.29 is 10.1 Å². The Hall–Kier alpha value is -1.65. The maximum Gasteiger partial charge on any atom is 0.275 e. The molecule has 0 radical (unpaired) electrons. The van der Waals surface area contributed by atoms with Crippen molar-refractivity contribution in [3.05, 3.63) is 57.8 Å². The van der Waals surface area contributed by atoms with Gasteiger partial charge in [-0.15, -0.1) is 11.3 Å². The van der Waals surface area contributed by atoms with Crippen LogP contribution in [0.25, 0.3) is 0 Å². The van der Waals surface area contributed by atoms with E-state index in [1.54, 1.807) is 11.3 Å². The summed E-state index contributed by atoms with van der Waals surface area (Å²) in [4.78, 5) is 12.7. The third kappa shape index (κ3) is 3.96. The standard InChI is InChI=1S/C18H24N2OS/c1-4-12(2)14-7-9-15(10-8-14)17(16-6-5-11-22-16)20-13(3)18(19)21/h5-13,17,20H,4H2,1-3H3,(H2,19,21)/p+1/t12-,13+,17-/m1/s1. The maximum absolute atomic E-state index is 11.4. The molecule has 1 aromatic carbocycles. The Kier molecular flexibility index (Phi) is 5.75. The molecule has 1 amide bonds. The van der Waals surface area contributed by atoms with E-state index < -0.39 is 0 Å². The number of thiophene rings is 1. The molecule has 0 aliphatic heterocycles. The van der Waals surface area contributed by atoms with Crippen molar-refractivity contribution in [2.24, 2.45) is 5.73 Å². The van der Waals surface area contributed by atoms with Crippen molar-refractivity contribution in [3.8, 4) is 0 Å². The van der Waals surface area contributed by atoms with Crippen molar-refractivity contribution in [1.29, 1.82) is 0 Å². The molecule has 4 N–H and O–H groups in total. The highest BCUT2D eigenvalue weighted by atomic mass is 32.1. The number of rotatable bonds is 7. The number of benzene rings is 1. The van der Waals surface area contributed by atoms with Crippen molar-refractivity contribution in [3.63, 3.8) is 0 Å². The lowest BCUT2D eigenvalue weighted by Gasteiger charge is -2.19. The molecule has 0 saturated carbocycles. The van der Waals surface area contributed by atoms with Crippen LogP contribution in [0.5, 0.6) is 0 Å². The number of carbonyl (C=O) groups is 1. The monoisotopic (exact) mass is 317 g/mol. The summed E-state index contributed by atoms with van der Waals surface area (Å²) in [5.41, 5.74) is 8.00. The smallest absolute Gasteiger partial charge is 0.275 e. The van der Waals surface area contributed by atoms with E-state index in [0.29, 0.717) is 5.92 Å². The molecule has 1 heterocycles. The number of quaternary nitrogens is 1. The molecule has 0 saturated heterocycles. The minimum Gasteiger partial charge on any atom is -0.365 e. The van der Waals surface area contributed by atoms with Crippen molar-refractivity contribution in [2.45, 2.75) is 45.2 Å². The minimum absolute atomic E-state index is 0.119. The molecule has 0 unspecified atom stereocenters. The first kappa shape index (κ1) is 16.7. The number of hydrogen-bond donors (Lipinski definition) is 2. The predicted molar refractivity (Wildman–Crippen MR) is 91.9 cm³/mol. The summed E-state index contributed by atoms with van der Waals surface area (Å²) in [6.45, 7) is 6.30. The Morgan fingerprint density at radius 1 is 1.18 bits per heavy atom. The van der Waals surface area contributed by atoms with Gasteiger partial charge in [-0.2, -0.15) is 0 Å². The summed E-state index contributed by atoms with van der Waals surface area (Å²) in [5, 5.41) is 4.12. The van der Waals surface area contributed by atoms with E-state index in [4.69, 9.17) is 5.73 Å². The zero-order valence-electron chi connectivity index (χ0n) is 13.5. The first-order valence-electron chi connectivity index (χ1n) is 7.80. The van der Waals surface area contributed by atoms with E-state index in [-0.39, 0.29) is 18.0 Å². The van der Waals surface area contributed by atoms with E-state index in [9.17, 15) is 4.79 Å². The van der Waals surface area contributed by atoms with Gasteiger partial charge < -0.3 is 11.1 Å². The molecule has 22 heavy (non-hydrogen) atoms. The highest BCUT2D eigenvalue weighted by molar-refractivity contribution is 7.10. The van der Waals surface area contributed by atoms with Crippen LogP contribution in [0.3, 0.4) is 0 Å². The van der Waals surface area contributed by atoms with Gasteiger partial charge >= 0.3 is 0 Å². The average molecular weight is 317 g/mol. The van der Waals surface area contributed by atoms with Crippen LogP contribution >= 0.6 is 11.3 Å². The lowest BCUT2D eigenvalue weighted by Crippen LogP contribution is -2.92. The van der Waals surface area contributed by atoms with E-state index in [1.165, 1.54) is 16.0 Å².